The molecule has 1 aliphatic carbocycles. The summed E-state index contributed by atoms with van der Waals surface area (Å²) in [7, 11) is 0. The molecule has 0 radical (unpaired) electrons. The lowest BCUT2D eigenvalue weighted by Gasteiger charge is -2.14. The summed E-state index contributed by atoms with van der Waals surface area (Å²) in [5.41, 5.74) is 7.69. The molecule has 1 aromatic rings. The van der Waals surface area contributed by atoms with Crippen LogP contribution >= 0.6 is 0 Å². The zero-order valence-electron chi connectivity index (χ0n) is 13.0. The van der Waals surface area contributed by atoms with E-state index in [-0.39, 0.29) is 11.8 Å². The average Bonchev–Trinajstić information content (AvgIpc) is 2.59. The first-order chi connectivity index (χ1) is 11.5. The molecule has 1 aromatic carbocycles. The number of nitrogens with one attached hydrogen (secondary N) is 1. The number of hydrogen-bond acceptors (Lipinski definition) is 6. The number of hydrazine groups is 1. The number of carboxylic acid groups (broad SMARTS) is 1. The molecule has 1 saturated carbocycles. The van der Waals surface area contributed by atoms with E-state index in [1.807, 2.05) is 6.07 Å². The quantitative estimate of drug-likeness (QED) is 0.212. The number of carboxylic acids is 1. The van der Waals surface area contributed by atoms with Gasteiger partial charge in [-0.1, -0.05) is 17.9 Å². The van der Waals surface area contributed by atoms with Crippen LogP contribution in [0.15, 0.2) is 35.8 Å². The summed E-state index contributed by atoms with van der Waals surface area (Å²) in [6, 6.07) is 6.84. The number of Topliss-reactive ketones (excluding diaryl/α,β-unsaturated/α-hetero) is 1. The van der Waals surface area contributed by atoms with E-state index in [9.17, 15) is 9.59 Å². The first kappa shape index (κ1) is 17.4. The van der Waals surface area contributed by atoms with E-state index in [0.29, 0.717) is 24.4 Å². The first-order valence-electron chi connectivity index (χ1n) is 7.50. The maximum Gasteiger partial charge on any atom is 0.357 e. The summed E-state index contributed by atoms with van der Waals surface area (Å²) in [5.74, 6) is 10.7. The van der Waals surface area contributed by atoms with Gasteiger partial charge in [0.1, 0.15) is 11.5 Å². The van der Waals surface area contributed by atoms with Crippen molar-refractivity contribution in [3.8, 4) is 17.6 Å². The van der Waals surface area contributed by atoms with Crippen molar-refractivity contribution in [2.45, 2.75) is 25.7 Å². The number of carbonyl (C=O) groups excluding carboxylic acids is 1. The summed E-state index contributed by atoms with van der Waals surface area (Å²) in [6.07, 6.45) is 2.77. The molecule has 0 atom stereocenters. The van der Waals surface area contributed by atoms with E-state index in [2.05, 4.69) is 17.3 Å². The van der Waals surface area contributed by atoms with E-state index < -0.39 is 11.7 Å². The molecule has 0 unspecified atom stereocenters. The van der Waals surface area contributed by atoms with Crippen molar-refractivity contribution in [3.05, 3.63) is 41.4 Å². The fourth-order valence-corrected chi connectivity index (χ4v) is 2.28. The molecule has 1 aliphatic rings. The Morgan fingerprint density at radius 2 is 2.04 bits per heavy atom. The van der Waals surface area contributed by atoms with E-state index in [0.717, 1.165) is 18.4 Å². The predicted molar refractivity (Wildman–Crippen MR) is 87.1 cm³/mol. The highest BCUT2D eigenvalue weighted by Crippen LogP contribution is 2.21. The third kappa shape index (κ3) is 4.76. The average molecular weight is 329 g/mol. The lowest BCUT2D eigenvalue weighted by molar-refractivity contribution is -0.133. The number of nitrogens with two attached hydrogens (primary N) is 2. The van der Waals surface area contributed by atoms with Crippen molar-refractivity contribution >= 4 is 11.8 Å². The van der Waals surface area contributed by atoms with Gasteiger partial charge in [-0.2, -0.15) is 0 Å². The topological polar surface area (TPSA) is 128 Å². The van der Waals surface area contributed by atoms with Crippen LogP contribution in [-0.4, -0.2) is 16.9 Å². The summed E-state index contributed by atoms with van der Waals surface area (Å²) in [4.78, 5) is 22.1. The Morgan fingerprint density at radius 3 is 2.67 bits per heavy atom. The van der Waals surface area contributed by atoms with E-state index in [4.69, 9.17) is 21.4 Å². The SMILES string of the molecule is NN/C(Oc1cccc(C#CC2CCC(=O)CC2)c1)=C(\N)C(=O)O. The number of benzene rings is 1. The second kappa shape index (κ2) is 8.04. The van der Waals surface area contributed by atoms with Crippen molar-refractivity contribution in [2.75, 3.05) is 0 Å². The molecule has 6 N–H and O–H groups in total. The Balaban J connectivity index is 2.11. The highest BCUT2D eigenvalue weighted by atomic mass is 16.5. The zero-order chi connectivity index (χ0) is 17.5. The number of aliphatic carboxylic acids is 1. The van der Waals surface area contributed by atoms with Gasteiger partial charge in [-0.05, 0) is 31.0 Å². The van der Waals surface area contributed by atoms with Crippen LogP contribution in [-0.2, 0) is 9.59 Å². The molecule has 0 amide bonds. The van der Waals surface area contributed by atoms with Crippen molar-refractivity contribution in [2.24, 2.45) is 17.5 Å². The minimum Gasteiger partial charge on any atom is -0.476 e. The zero-order valence-corrected chi connectivity index (χ0v) is 13.0. The largest absolute Gasteiger partial charge is 0.476 e. The minimum atomic E-state index is -1.34. The van der Waals surface area contributed by atoms with Crippen LogP contribution in [0.1, 0.15) is 31.2 Å². The van der Waals surface area contributed by atoms with Crippen molar-refractivity contribution in [1.29, 1.82) is 0 Å². The van der Waals surface area contributed by atoms with Gasteiger partial charge in [-0.15, -0.1) is 0 Å². The molecule has 0 aromatic heterocycles. The summed E-state index contributed by atoms with van der Waals surface area (Å²) in [6.45, 7) is 0. The molecule has 7 nitrogen and oxygen atoms in total. The van der Waals surface area contributed by atoms with Crippen LogP contribution in [0.2, 0.25) is 0 Å². The first-order valence-corrected chi connectivity index (χ1v) is 7.50. The summed E-state index contributed by atoms with van der Waals surface area (Å²) >= 11 is 0. The summed E-state index contributed by atoms with van der Waals surface area (Å²) < 4.78 is 5.36. The van der Waals surface area contributed by atoms with Gasteiger partial charge in [-0.25, -0.2) is 10.6 Å². The molecule has 0 spiro atoms. The lowest BCUT2D eigenvalue weighted by Crippen LogP contribution is -2.31. The van der Waals surface area contributed by atoms with Gasteiger partial charge in [0.25, 0.3) is 0 Å². The fourth-order valence-electron chi connectivity index (χ4n) is 2.28. The van der Waals surface area contributed by atoms with Gasteiger partial charge in [-0.3, -0.25) is 10.2 Å². The number of carbonyl (C=O) groups is 2. The van der Waals surface area contributed by atoms with Gasteiger partial charge in [0.05, 0.1) is 0 Å². The molecule has 0 bridgehead atoms. The maximum atomic E-state index is 11.2. The molecular weight excluding hydrogens is 310 g/mol. The summed E-state index contributed by atoms with van der Waals surface area (Å²) in [5, 5.41) is 8.86. The number of ether oxygens (including phenoxy) is 1. The molecule has 2 rings (SSSR count). The fraction of sp³-hybridized carbons (Fsp3) is 0.294. The van der Waals surface area contributed by atoms with Crippen LogP contribution in [0.3, 0.4) is 0 Å². The molecule has 126 valence electrons. The van der Waals surface area contributed by atoms with E-state index >= 15 is 0 Å². The Kier molecular flexibility index (Phi) is 5.82. The smallest absolute Gasteiger partial charge is 0.357 e. The van der Waals surface area contributed by atoms with Crippen LogP contribution in [0.25, 0.3) is 0 Å². The number of hydrogen-bond donors (Lipinski definition) is 4. The Labute approximate surface area is 139 Å². The molecule has 0 aliphatic heterocycles. The predicted octanol–water partition coefficient (Wildman–Crippen LogP) is 0.852. The Hall–Kier alpha value is -2.98. The number of rotatable bonds is 4. The van der Waals surface area contributed by atoms with Gasteiger partial charge >= 0.3 is 5.97 Å². The Bertz CT molecular complexity index is 721. The van der Waals surface area contributed by atoms with Gasteiger partial charge in [0.15, 0.2) is 5.70 Å². The molecule has 7 heteroatoms. The van der Waals surface area contributed by atoms with Crippen LogP contribution in [0.5, 0.6) is 5.75 Å². The van der Waals surface area contributed by atoms with Gasteiger partial charge in [0, 0.05) is 24.3 Å². The van der Waals surface area contributed by atoms with Crippen LogP contribution in [0, 0.1) is 17.8 Å². The molecule has 0 saturated heterocycles. The minimum absolute atomic E-state index is 0.219. The van der Waals surface area contributed by atoms with Crippen LogP contribution in [0.4, 0.5) is 0 Å². The highest BCUT2D eigenvalue weighted by molar-refractivity contribution is 5.85. The van der Waals surface area contributed by atoms with Crippen molar-refractivity contribution in [1.82, 2.24) is 5.43 Å². The molecule has 0 heterocycles. The van der Waals surface area contributed by atoms with Gasteiger partial charge in [0.2, 0.25) is 5.88 Å². The van der Waals surface area contributed by atoms with Gasteiger partial charge < -0.3 is 15.6 Å². The molecule has 1 fully saturated rings. The maximum absolute atomic E-state index is 11.2. The molecular formula is C17H19N3O4. The third-order valence-corrected chi connectivity index (χ3v) is 3.62. The standard InChI is InChI=1S/C17H19N3O4/c18-15(17(22)23)16(20-19)24-14-3-1-2-12(10-14)5-4-11-6-8-13(21)9-7-11/h1-3,10-11,20H,6-9,18-19H2,(H,22,23)/b16-15+. The highest BCUT2D eigenvalue weighted by Gasteiger charge is 2.16. The van der Waals surface area contributed by atoms with E-state index in [1.54, 1.807) is 18.2 Å². The molecule has 24 heavy (non-hydrogen) atoms. The normalized spacial score (nSPS) is 15.8. The van der Waals surface area contributed by atoms with Crippen molar-refractivity contribution in [3.63, 3.8) is 0 Å². The lowest BCUT2D eigenvalue weighted by atomic mass is 9.89. The second-order valence-electron chi connectivity index (χ2n) is 5.40. The second-order valence-corrected chi connectivity index (χ2v) is 5.40. The van der Waals surface area contributed by atoms with Crippen molar-refractivity contribution < 1.29 is 19.4 Å². The monoisotopic (exact) mass is 329 g/mol. The van der Waals surface area contributed by atoms with Crippen LogP contribution < -0.4 is 21.7 Å². The Morgan fingerprint density at radius 1 is 1.33 bits per heavy atom. The van der Waals surface area contributed by atoms with E-state index in [1.165, 1.54) is 0 Å². The third-order valence-electron chi connectivity index (χ3n) is 3.62. The number of ketones is 1.